The first-order valence-corrected chi connectivity index (χ1v) is 12.4. The predicted molar refractivity (Wildman–Crippen MR) is 131 cm³/mol. The maximum absolute atomic E-state index is 13.3. The fourth-order valence-corrected chi connectivity index (χ4v) is 5.13. The highest BCUT2D eigenvalue weighted by atomic mass is 16.5. The lowest BCUT2D eigenvalue weighted by Crippen LogP contribution is -2.47. The maximum atomic E-state index is 13.3. The molecule has 1 atom stereocenters. The van der Waals surface area contributed by atoms with Crippen molar-refractivity contribution in [1.29, 1.82) is 0 Å². The summed E-state index contributed by atoms with van der Waals surface area (Å²) in [5, 5.41) is 0. The molecule has 2 saturated heterocycles. The number of carbonyl (C=O) groups is 2. The van der Waals surface area contributed by atoms with E-state index in [1.165, 1.54) is 0 Å². The Morgan fingerprint density at radius 1 is 0.941 bits per heavy atom. The van der Waals surface area contributed by atoms with Crippen LogP contribution in [0.4, 0.5) is 0 Å². The van der Waals surface area contributed by atoms with Crippen LogP contribution >= 0.6 is 0 Å². The number of rotatable bonds is 6. The van der Waals surface area contributed by atoms with Gasteiger partial charge in [0.25, 0.3) is 0 Å². The number of piperidine rings is 2. The predicted octanol–water partition coefficient (Wildman–Crippen LogP) is 3.98. The first kappa shape index (κ1) is 22.4. The van der Waals surface area contributed by atoms with E-state index in [1.54, 1.807) is 0 Å². The summed E-state index contributed by atoms with van der Waals surface area (Å²) in [5.74, 6) is 2.35. The molecule has 3 heterocycles. The van der Waals surface area contributed by atoms with Crippen LogP contribution in [0.1, 0.15) is 43.8 Å². The Morgan fingerprint density at radius 3 is 2.50 bits per heavy atom. The van der Waals surface area contributed by atoms with E-state index in [9.17, 15) is 9.59 Å². The molecule has 1 N–H and O–H groups in total. The monoisotopic (exact) mass is 460 g/mol. The fraction of sp³-hybridized carbons (Fsp3) is 0.444. The highest BCUT2D eigenvalue weighted by Crippen LogP contribution is 2.29. The molecule has 5 rings (SSSR count). The van der Waals surface area contributed by atoms with Gasteiger partial charge in [-0.1, -0.05) is 30.3 Å². The average molecular weight is 461 g/mol. The second-order valence-corrected chi connectivity index (χ2v) is 9.33. The van der Waals surface area contributed by atoms with Gasteiger partial charge in [-0.15, -0.1) is 0 Å². The highest BCUT2D eigenvalue weighted by Gasteiger charge is 2.33. The lowest BCUT2D eigenvalue weighted by Gasteiger charge is -2.37. The van der Waals surface area contributed by atoms with Gasteiger partial charge in [0.15, 0.2) is 0 Å². The van der Waals surface area contributed by atoms with Crippen molar-refractivity contribution in [2.24, 2.45) is 5.92 Å². The van der Waals surface area contributed by atoms with Gasteiger partial charge in [-0.3, -0.25) is 9.59 Å². The average Bonchev–Trinajstić information content (AvgIpc) is 3.34. The standard InChI is InChI=1S/C27H32N4O3/c32-25(14-18-34-22-8-2-1-3-9-22)30-16-12-20(13-17-30)27(33)31-15-6-7-21(19-31)26-28-23-10-4-5-11-24(23)29-26/h1-5,8-11,20-21H,6-7,12-19H2,(H,28,29). The second-order valence-electron chi connectivity index (χ2n) is 9.33. The van der Waals surface area contributed by atoms with Crippen molar-refractivity contribution in [1.82, 2.24) is 19.8 Å². The van der Waals surface area contributed by atoms with Crippen molar-refractivity contribution in [3.8, 4) is 5.75 Å². The van der Waals surface area contributed by atoms with Gasteiger partial charge in [0, 0.05) is 38.0 Å². The quantitative estimate of drug-likeness (QED) is 0.604. The van der Waals surface area contributed by atoms with Crippen molar-refractivity contribution in [3.05, 3.63) is 60.4 Å². The molecule has 2 fully saturated rings. The van der Waals surface area contributed by atoms with Crippen LogP contribution in [0.2, 0.25) is 0 Å². The van der Waals surface area contributed by atoms with E-state index >= 15 is 0 Å². The van der Waals surface area contributed by atoms with Gasteiger partial charge in [0.2, 0.25) is 11.8 Å². The van der Waals surface area contributed by atoms with Gasteiger partial charge in [-0.05, 0) is 49.9 Å². The number of para-hydroxylation sites is 3. The van der Waals surface area contributed by atoms with E-state index < -0.39 is 0 Å². The van der Waals surface area contributed by atoms with Crippen LogP contribution in [0, 0.1) is 5.92 Å². The van der Waals surface area contributed by atoms with Gasteiger partial charge in [0.1, 0.15) is 11.6 Å². The van der Waals surface area contributed by atoms with Crippen LogP contribution in [0.3, 0.4) is 0 Å². The number of aromatic amines is 1. The zero-order valence-corrected chi connectivity index (χ0v) is 19.5. The number of carbonyl (C=O) groups excluding carboxylic acids is 2. The molecule has 178 valence electrons. The summed E-state index contributed by atoms with van der Waals surface area (Å²) >= 11 is 0. The Labute approximate surface area is 200 Å². The van der Waals surface area contributed by atoms with Crippen LogP contribution in [0.15, 0.2) is 54.6 Å². The molecule has 7 heteroatoms. The molecule has 2 aliphatic heterocycles. The highest BCUT2D eigenvalue weighted by molar-refractivity contribution is 5.80. The van der Waals surface area contributed by atoms with Crippen molar-refractivity contribution >= 4 is 22.8 Å². The first-order chi connectivity index (χ1) is 16.7. The smallest absolute Gasteiger partial charge is 0.225 e. The molecule has 3 aromatic rings. The van der Waals surface area contributed by atoms with Gasteiger partial charge in [-0.25, -0.2) is 4.98 Å². The number of hydrogen-bond acceptors (Lipinski definition) is 4. The summed E-state index contributed by atoms with van der Waals surface area (Å²) in [7, 11) is 0. The minimum absolute atomic E-state index is 0.000887. The zero-order chi connectivity index (χ0) is 23.3. The molecular weight excluding hydrogens is 428 g/mol. The van der Waals surface area contributed by atoms with Crippen LogP contribution in [-0.2, 0) is 9.59 Å². The molecule has 2 aromatic carbocycles. The minimum Gasteiger partial charge on any atom is -0.493 e. The van der Waals surface area contributed by atoms with Crippen molar-refractivity contribution in [2.75, 3.05) is 32.8 Å². The molecule has 1 unspecified atom stereocenters. The number of H-pyrrole nitrogens is 1. The van der Waals surface area contributed by atoms with E-state index in [2.05, 4.69) is 4.98 Å². The van der Waals surface area contributed by atoms with Crippen LogP contribution in [0.5, 0.6) is 5.75 Å². The van der Waals surface area contributed by atoms with E-state index in [0.717, 1.165) is 54.8 Å². The van der Waals surface area contributed by atoms with Crippen LogP contribution < -0.4 is 4.74 Å². The number of fused-ring (bicyclic) bond motifs is 1. The van der Waals surface area contributed by atoms with Crippen LogP contribution in [-0.4, -0.2) is 64.4 Å². The van der Waals surface area contributed by atoms with Gasteiger partial charge >= 0.3 is 0 Å². The molecule has 0 saturated carbocycles. The van der Waals surface area contributed by atoms with Crippen molar-refractivity contribution in [2.45, 2.75) is 38.0 Å². The molecule has 1 aromatic heterocycles. The number of imidazole rings is 1. The normalized spacial score (nSPS) is 19.4. The van der Waals surface area contributed by atoms with Crippen molar-refractivity contribution in [3.63, 3.8) is 0 Å². The maximum Gasteiger partial charge on any atom is 0.225 e. The summed E-state index contributed by atoms with van der Waals surface area (Å²) in [4.78, 5) is 38.0. The summed E-state index contributed by atoms with van der Waals surface area (Å²) in [5.41, 5.74) is 2.03. The minimum atomic E-state index is -0.000887. The van der Waals surface area contributed by atoms with Crippen molar-refractivity contribution < 1.29 is 14.3 Å². The molecule has 34 heavy (non-hydrogen) atoms. The Balaban J connectivity index is 1.10. The molecule has 0 spiro atoms. The van der Waals surface area contributed by atoms with Gasteiger partial charge in [-0.2, -0.15) is 0 Å². The molecular formula is C27H32N4O3. The number of likely N-dealkylation sites (tertiary alicyclic amines) is 2. The molecule has 2 aliphatic rings. The lowest BCUT2D eigenvalue weighted by molar-refractivity contribution is -0.141. The number of aromatic nitrogens is 2. The number of ether oxygens (including phenoxy) is 1. The third-order valence-electron chi connectivity index (χ3n) is 7.05. The summed E-state index contributed by atoms with van der Waals surface area (Å²) in [6.45, 7) is 3.18. The Hall–Kier alpha value is -3.35. The van der Waals surface area contributed by atoms with Gasteiger partial charge in [0.05, 0.1) is 24.1 Å². The third-order valence-corrected chi connectivity index (χ3v) is 7.05. The van der Waals surface area contributed by atoms with E-state index in [0.29, 0.717) is 32.7 Å². The van der Waals surface area contributed by atoms with Crippen LogP contribution in [0.25, 0.3) is 11.0 Å². The Morgan fingerprint density at radius 2 is 1.71 bits per heavy atom. The molecule has 7 nitrogen and oxygen atoms in total. The van der Waals surface area contributed by atoms with Gasteiger partial charge < -0.3 is 19.5 Å². The topological polar surface area (TPSA) is 78.5 Å². The van der Waals surface area contributed by atoms with E-state index in [1.807, 2.05) is 64.4 Å². The molecule has 2 amide bonds. The molecule has 0 radical (unpaired) electrons. The summed E-state index contributed by atoms with van der Waals surface area (Å²) < 4.78 is 5.66. The summed E-state index contributed by atoms with van der Waals surface area (Å²) in [6.07, 6.45) is 3.86. The summed E-state index contributed by atoms with van der Waals surface area (Å²) in [6, 6.07) is 17.6. The molecule has 0 bridgehead atoms. The number of nitrogens with zero attached hydrogens (tertiary/aromatic N) is 3. The number of nitrogens with one attached hydrogen (secondary N) is 1. The molecule has 0 aliphatic carbocycles. The fourth-order valence-electron chi connectivity index (χ4n) is 5.13. The van der Waals surface area contributed by atoms with E-state index in [-0.39, 0.29) is 23.7 Å². The number of amides is 2. The SMILES string of the molecule is O=C(CCOc1ccccc1)N1CCC(C(=O)N2CCCC(c3nc4ccccc4[nH]3)C2)CC1. The zero-order valence-electron chi connectivity index (χ0n) is 19.5. The number of benzene rings is 2. The second kappa shape index (κ2) is 10.3. The third kappa shape index (κ3) is 5.08. The Bertz CT molecular complexity index is 1090. The Kier molecular flexibility index (Phi) is 6.79. The van der Waals surface area contributed by atoms with E-state index in [4.69, 9.17) is 9.72 Å². The largest absolute Gasteiger partial charge is 0.493 e. The first-order valence-electron chi connectivity index (χ1n) is 12.4. The lowest BCUT2D eigenvalue weighted by atomic mass is 9.92. The number of hydrogen-bond donors (Lipinski definition) is 1.